The van der Waals surface area contributed by atoms with E-state index in [9.17, 15) is 4.79 Å². The van der Waals surface area contributed by atoms with Crippen molar-refractivity contribution in [2.45, 2.75) is 25.4 Å². The van der Waals surface area contributed by atoms with Gasteiger partial charge in [-0.25, -0.2) is 0 Å². The van der Waals surface area contributed by atoms with Gasteiger partial charge in [-0.15, -0.1) is 0 Å². The number of ether oxygens (including phenoxy) is 1. The fraction of sp³-hybridized carbons (Fsp3) is 0.417. The molecule has 16 heavy (non-hydrogen) atoms. The fourth-order valence-corrected chi connectivity index (χ4v) is 1.94. The molecule has 1 aliphatic rings. The summed E-state index contributed by atoms with van der Waals surface area (Å²) in [4.78, 5) is 11.1. The topological polar surface area (TPSA) is 64.3 Å². The molecule has 1 aliphatic heterocycles. The van der Waals surface area contributed by atoms with Gasteiger partial charge in [0.15, 0.2) is 0 Å². The summed E-state index contributed by atoms with van der Waals surface area (Å²) >= 11 is 0. The van der Waals surface area contributed by atoms with Gasteiger partial charge < -0.3 is 10.5 Å². The largest absolute Gasteiger partial charge is 0.491 e. The second kappa shape index (κ2) is 4.53. The average Bonchev–Trinajstić information content (AvgIpc) is 2.69. The Hall–Kier alpha value is -1.55. The number of nitrogens with one attached hydrogen (secondary N) is 1. The van der Waals surface area contributed by atoms with Gasteiger partial charge in [-0.1, -0.05) is 25.1 Å². The quantitative estimate of drug-likeness (QED) is 0.794. The van der Waals surface area contributed by atoms with Crippen LogP contribution in [-0.2, 0) is 4.79 Å². The molecule has 1 amide bonds. The van der Waals surface area contributed by atoms with Gasteiger partial charge in [0.05, 0.1) is 12.1 Å². The summed E-state index contributed by atoms with van der Waals surface area (Å²) in [5.41, 5.74) is 6.40. The predicted octanol–water partition coefficient (Wildman–Crippen LogP) is 0.974. The summed E-state index contributed by atoms with van der Waals surface area (Å²) in [6.45, 7) is 2.49. The van der Waals surface area contributed by atoms with Crippen LogP contribution in [0.1, 0.15) is 24.9 Å². The van der Waals surface area contributed by atoms with Gasteiger partial charge in [0.25, 0.3) is 0 Å². The van der Waals surface area contributed by atoms with Gasteiger partial charge in [0.1, 0.15) is 12.4 Å². The van der Waals surface area contributed by atoms with Crippen LogP contribution in [0.4, 0.5) is 0 Å². The van der Waals surface area contributed by atoms with E-state index in [1.807, 2.05) is 31.2 Å². The van der Waals surface area contributed by atoms with E-state index in [0.717, 1.165) is 11.3 Å². The van der Waals surface area contributed by atoms with Gasteiger partial charge in [-0.05, 0) is 12.5 Å². The molecule has 0 saturated heterocycles. The second-order valence-electron chi connectivity index (χ2n) is 3.93. The van der Waals surface area contributed by atoms with E-state index in [-0.39, 0.29) is 18.0 Å². The lowest BCUT2D eigenvalue weighted by Gasteiger charge is -2.18. The number of rotatable bonds is 4. The highest BCUT2D eigenvalue weighted by Crippen LogP contribution is 2.31. The lowest BCUT2D eigenvalue weighted by molar-refractivity contribution is -0.120. The number of carbonyl (C=O) groups is 1. The van der Waals surface area contributed by atoms with Gasteiger partial charge in [0, 0.05) is 5.56 Å². The molecule has 0 saturated carbocycles. The van der Waals surface area contributed by atoms with Crippen LogP contribution in [0.3, 0.4) is 0 Å². The van der Waals surface area contributed by atoms with Gasteiger partial charge in [-0.2, -0.15) is 0 Å². The van der Waals surface area contributed by atoms with Crippen molar-refractivity contribution in [1.29, 1.82) is 0 Å². The summed E-state index contributed by atoms with van der Waals surface area (Å²) in [6, 6.07) is 7.61. The predicted molar refractivity (Wildman–Crippen MR) is 61.1 cm³/mol. The molecule has 0 radical (unpaired) electrons. The monoisotopic (exact) mass is 220 g/mol. The molecule has 0 fully saturated rings. The number of primary amides is 1. The summed E-state index contributed by atoms with van der Waals surface area (Å²) in [6.07, 6.45) is 0.688. The minimum absolute atomic E-state index is 0.0636. The van der Waals surface area contributed by atoms with Crippen LogP contribution in [0.25, 0.3) is 0 Å². The lowest BCUT2D eigenvalue weighted by atomic mass is 10.1. The number of amides is 1. The first-order chi connectivity index (χ1) is 7.72. The SMILES string of the molecule is CCC(NC1COc2ccccc21)C(N)=O. The molecule has 1 heterocycles. The Kier molecular flexibility index (Phi) is 3.10. The molecule has 0 spiro atoms. The maximum Gasteiger partial charge on any atom is 0.234 e. The van der Waals surface area contributed by atoms with E-state index in [0.29, 0.717) is 13.0 Å². The summed E-state index contributed by atoms with van der Waals surface area (Å²) < 4.78 is 5.52. The molecule has 86 valence electrons. The first-order valence-electron chi connectivity index (χ1n) is 5.49. The second-order valence-corrected chi connectivity index (χ2v) is 3.93. The third-order valence-corrected chi connectivity index (χ3v) is 2.85. The fourth-order valence-electron chi connectivity index (χ4n) is 1.94. The van der Waals surface area contributed by atoms with Crippen LogP contribution in [-0.4, -0.2) is 18.6 Å². The number of carbonyl (C=O) groups excluding carboxylic acids is 1. The average molecular weight is 220 g/mol. The van der Waals surface area contributed by atoms with Crippen molar-refractivity contribution in [3.63, 3.8) is 0 Å². The van der Waals surface area contributed by atoms with Crippen molar-refractivity contribution in [2.24, 2.45) is 5.73 Å². The number of nitrogens with two attached hydrogens (primary N) is 1. The molecule has 3 N–H and O–H groups in total. The Bertz CT molecular complexity index is 392. The molecule has 2 atom stereocenters. The number of benzene rings is 1. The molecular weight excluding hydrogens is 204 g/mol. The third kappa shape index (κ3) is 2.02. The summed E-state index contributed by atoms with van der Waals surface area (Å²) in [5, 5.41) is 3.22. The van der Waals surface area contributed by atoms with Crippen LogP contribution in [0.5, 0.6) is 5.75 Å². The van der Waals surface area contributed by atoms with Gasteiger partial charge in [0.2, 0.25) is 5.91 Å². The van der Waals surface area contributed by atoms with E-state index in [2.05, 4.69) is 5.32 Å². The molecule has 0 aliphatic carbocycles. The van der Waals surface area contributed by atoms with Crippen LogP contribution in [0, 0.1) is 0 Å². The minimum atomic E-state index is -0.313. The highest BCUT2D eigenvalue weighted by atomic mass is 16.5. The Labute approximate surface area is 94.8 Å². The van der Waals surface area contributed by atoms with Crippen molar-refractivity contribution < 1.29 is 9.53 Å². The van der Waals surface area contributed by atoms with Crippen molar-refractivity contribution in [2.75, 3.05) is 6.61 Å². The maximum absolute atomic E-state index is 11.1. The first kappa shape index (κ1) is 11.0. The maximum atomic E-state index is 11.1. The van der Waals surface area contributed by atoms with Crippen LogP contribution >= 0.6 is 0 Å². The Morgan fingerprint density at radius 2 is 2.38 bits per heavy atom. The molecular formula is C12H16N2O2. The lowest BCUT2D eigenvalue weighted by Crippen LogP contribution is -2.43. The Morgan fingerprint density at radius 1 is 1.62 bits per heavy atom. The van der Waals surface area contributed by atoms with Crippen molar-refractivity contribution in [1.82, 2.24) is 5.32 Å². The molecule has 1 aromatic rings. The van der Waals surface area contributed by atoms with Crippen LogP contribution in [0.2, 0.25) is 0 Å². The molecule has 2 unspecified atom stereocenters. The summed E-state index contributed by atoms with van der Waals surface area (Å²) in [5.74, 6) is 0.575. The van der Waals surface area contributed by atoms with Crippen molar-refractivity contribution in [3.8, 4) is 5.75 Å². The van der Waals surface area contributed by atoms with E-state index in [4.69, 9.17) is 10.5 Å². The van der Waals surface area contributed by atoms with Crippen molar-refractivity contribution >= 4 is 5.91 Å². The molecule has 0 bridgehead atoms. The zero-order valence-electron chi connectivity index (χ0n) is 9.27. The Balaban J connectivity index is 2.11. The van der Waals surface area contributed by atoms with E-state index in [1.54, 1.807) is 0 Å². The van der Waals surface area contributed by atoms with E-state index in [1.165, 1.54) is 0 Å². The molecule has 1 aromatic carbocycles. The third-order valence-electron chi connectivity index (χ3n) is 2.85. The minimum Gasteiger partial charge on any atom is -0.491 e. The van der Waals surface area contributed by atoms with Crippen LogP contribution < -0.4 is 15.8 Å². The highest BCUT2D eigenvalue weighted by molar-refractivity contribution is 5.79. The molecule has 4 nitrogen and oxygen atoms in total. The van der Waals surface area contributed by atoms with E-state index < -0.39 is 0 Å². The van der Waals surface area contributed by atoms with Gasteiger partial charge in [-0.3, -0.25) is 10.1 Å². The Morgan fingerprint density at radius 3 is 3.06 bits per heavy atom. The smallest absolute Gasteiger partial charge is 0.234 e. The normalized spacial score (nSPS) is 19.9. The number of hydrogen-bond donors (Lipinski definition) is 2. The highest BCUT2D eigenvalue weighted by Gasteiger charge is 2.26. The number of para-hydroxylation sites is 1. The van der Waals surface area contributed by atoms with Gasteiger partial charge >= 0.3 is 0 Å². The summed E-state index contributed by atoms with van der Waals surface area (Å²) in [7, 11) is 0. The number of hydrogen-bond acceptors (Lipinski definition) is 3. The van der Waals surface area contributed by atoms with Crippen molar-refractivity contribution in [3.05, 3.63) is 29.8 Å². The molecule has 0 aromatic heterocycles. The first-order valence-corrected chi connectivity index (χ1v) is 5.49. The molecule has 4 heteroatoms. The zero-order chi connectivity index (χ0) is 11.5. The zero-order valence-corrected chi connectivity index (χ0v) is 9.27. The van der Waals surface area contributed by atoms with Crippen LogP contribution in [0.15, 0.2) is 24.3 Å². The molecule has 2 rings (SSSR count). The van der Waals surface area contributed by atoms with E-state index >= 15 is 0 Å². The standard InChI is InChI=1S/C12H16N2O2/c1-2-9(12(13)15)14-10-7-16-11-6-4-3-5-8(10)11/h3-6,9-10,14H,2,7H2,1H3,(H2,13,15). The number of fused-ring (bicyclic) bond motifs is 1.